The maximum Gasteiger partial charge on any atom is 0.254 e. The first kappa shape index (κ1) is 14.8. The third kappa shape index (κ3) is 3.46. The van der Waals surface area contributed by atoms with Crippen LogP contribution >= 0.6 is 23.2 Å². The summed E-state index contributed by atoms with van der Waals surface area (Å²) in [4.78, 5) is 20.1. The maximum absolute atomic E-state index is 12.0. The molecule has 0 atom stereocenters. The second kappa shape index (κ2) is 6.68. The van der Waals surface area contributed by atoms with Crippen molar-refractivity contribution in [1.82, 2.24) is 15.3 Å². The molecule has 0 saturated carbocycles. The minimum Gasteiger partial charge on any atom is -0.352 e. The third-order valence-electron chi connectivity index (χ3n) is 2.85. The van der Waals surface area contributed by atoms with Crippen molar-refractivity contribution in [1.29, 1.82) is 0 Å². The lowest BCUT2D eigenvalue weighted by Crippen LogP contribution is -2.26. The minimum atomic E-state index is -0.309. The molecule has 0 aliphatic carbocycles. The van der Waals surface area contributed by atoms with Gasteiger partial charge in [0.15, 0.2) is 0 Å². The summed E-state index contributed by atoms with van der Waals surface area (Å²) in [5, 5.41) is 3.26. The number of nitrogens with zero attached hydrogens (tertiary/aromatic N) is 2. The monoisotopic (exact) mass is 309 g/mol. The predicted molar refractivity (Wildman–Crippen MR) is 79.3 cm³/mol. The van der Waals surface area contributed by atoms with Crippen molar-refractivity contribution in [2.75, 3.05) is 6.54 Å². The molecule has 0 aliphatic heterocycles. The van der Waals surface area contributed by atoms with Crippen molar-refractivity contribution in [2.45, 2.75) is 13.3 Å². The molecule has 2 aromatic rings. The molecule has 1 amide bonds. The number of hydrogen-bond donors (Lipinski definition) is 1. The first-order valence-electron chi connectivity index (χ1n) is 6.07. The van der Waals surface area contributed by atoms with Crippen LogP contribution in [0.25, 0.3) is 0 Å². The molecule has 0 radical (unpaired) electrons. The van der Waals surface area contributed by atoms with Gasteiger partial charge in [-0.25, -0.2) is 0 Å². The highest BCUT2D eigenvalue weighted by atomic mass is 35.5. The molecule has 0 spiro atoms. The standard InChI is InChI=1S/C14H13Cl2N3O/c1-9-3-2-5-18-12(9)4-6-19-14(20)13-10(15)7-17-8-11(13)16/h2-3,5,7-8H,4,6H2,1H3,(H,19,20). The van der Waals surface area contributed by atoms with Gasteiger partial charge in [0.25, 0.3) is 5.91 Å². The first-order valence-corrected chi connectivity index (χ1v) is 6.83. The van der Waals surface area contributed by atoms with E-state index in [0.29, 0.717) is 13.0 Å². The summed E-state index contributed by atoms with van der Waals surface area (Å²) in [7, 11) is 0. The summed E-state index contributed by atoms with van der Waals surface area (Å²) < 4.78 is 0. The van der Waals surface area contributed by atoms with E-state index in [4.69, 9.17) is 23.2 Å². The molecule has 2 aromatic heterocycles. The van der Waals surface area contributed by atoms with Crippen LogP contribution in [0.3, 0.4) is 0 Å². The number of nitrogens with one attached hydrogen (secondary N) is 1. The van der Waals surface area contributed by atoms with Crippen LogP contribution in [0.1, 0.15) is 21.6 Å². The molecule has 0 saturated heterocycles. The van der Waals surface area contributed by atoms with Crippen LogP contribution in [0, 0.1) is 6.92 Å². The van der Waals surface area contributed by atoms with Gasteiger partial charge in [-0.2, -0.15) is 0 Å². The van der Waals surface area contributed by atoms with Crippen molar-refractivity contribution in [3.8, 4) is 0 Å². The zero-order chi connectivity index (χ0) is 14.5. The Morgan fingerprint density at radius 1 is 1.30 bits per heavy atom. The number of hydrogen-bond acceptors (Lipinski definition) is 3. The van der Waals surface area contributed by atoms with Crippen molar-refractivity contribution in [3.05, 3.63) is 57.6 Å². The third-order valence-corrected chi connectivity index (χ3v) is 3.42. The molecule has 0 fully saturated rings. The lowest BCUT2D eigenvalue weighted by Gasteiger charge is -2.08. The fourth-order valence-electron chi connectivity index (χ4n) is 1.79. The topological polar surface area (TPSA) is 54.9 Å². The Balaban J connectivity index is 1.98. The lowest BCUT2D eigenvalue weighted by atomic mass is 10.1. The van der Waals surface area contributed by atoms with E-state index < -0.39 is 0 Å². The quantitative estimate of drug-likeness (QED) is 0.944. The van der Waals surface area contributed by atoms with Gasteiger partial charge >= 0.3 is 0 Å². The molecule has 2 heterocycles. The van der Waals surface area contributed by atoms with Gasteiger partial charge in [0, 0.05) is 37.3 Å². The molecule has 20 heavy (non-hydrogen) atoms. The van der Waals surface area contributed by atoms with Crippen molar-refractivity contribution in [2.24, 2.45) is 0 Å². The Kier molecular flexibility index (Phi) is 4.93. The summed E-state index contributed by atoms with van der Waals surface area (Å²) in [6.07, 6.45) is 5.18. The molecule has 104 valence electrons. The number of aryl methyl sites for hydroxylation is 1. The van der Waals surface area contributed by atoms with E-state index in [9.17, 15) is 4.79 Å². The van der Waals surface area contributed by atoms with E-state index in [1.165, 1.54) is 12.4 Å². The van der Waals surface area contributed by atoms with Gasteiger partial charge in [-0.1, -0.05) is 29.3 Å². The SMILES string of the molecule is Cc1cccnc1CCNC(=O)c1c(Cl)cncc1Cl. The molecular formula is C14H13Cl2N3O. The highest BCUT2D eigenvalue weighted by Gasteiger charge is 2.14. The van der Waals surface area contributed by atoms with Crippen LogP contribution in [-0.2, 0) is 6.42 Å². The summed E-state index contributed by atoms with van der Waals surface area (Å²) in [6, 6.07) is 3.87. The maximum atomic E-state index is 12.0. The number of rotatable bonds is 4. The molecule has 0 bridgehead atoms. The smallest absolute Gasteiger partial charge is 0.254 e. The van der Waals surface area contributed by atoms with E-state index in [-0.39, 0.29) is 21.5 Å². The Hall–Kier alpha value is -1.65. The van der Waals surface area contributed by atoms with Crippen molar-refractivity contribution >= 4 is 29.1 Å². The van der Waals surface area contributed by atoms with Crippen LogP contribution < -0.4 is 5.32 Å². The fourth-order valence-corrected chi connectivity index (χ4v) is 2.33. The number of amides is 1. The Morgan fingerprint density at radius 2 is 2.00 bits per heavy atom. The van der Waals surface area contributed by atoms with E-state index in [0.717, 1.165) is 11.3 Å². The van der Waals surface area contributed by atoms with Gasteiger partial charge in [0.2, 0.25) is 0 Å². The van der Waals surface area contributed by atoms with Crippen LogP contribution in [0.2, 0.25) is 10.0 Å². The zero-order valence-corrected chi connectivity index (χ0v) is 12.4. The summed E-state index contributed by atoms with van der Waals surface area (Å²) >= 11 is 11.9. The van der Waals surface area contributed by atoms with Gasteiger partial charge in [-0.05, 0) is 18.6 Å². The van der Waals surface area contributed by atoms with Crippen molar-refractivity contribution < 1.29 is 4.79 Å². The molecule has 2 rings (SSSR count). The van der Waals surface area contributed by atoms with E-state index in [2.05, 4.69) is 15.3 Å². The summed E-state index contributed by atoms with van der Waals surface area (Å²) in [5.41, 5.74) is 2.31. The number of aromatic nitrogens is 2. The summed E-state index contributed by atoms with van der Waals surface area (Å²) in [6.45, 7) is 2.45. The van der Waals surface area contributed by atoms with Gasteiger partial charge < -0.3 is 5.32 Å². The number of carbonyl (C=O) groups is 1. The van der Waals surface area contributed by atoms with E-state index in [1.807, 2.05) is 19.1 Å². The molecule has 6 heteroatoms. The average molecular weight is 310 g/mol. The fraction of sp³-hybridized carbons (Fsp3) is 0.214. The van der Waals surface area contributed by atoms with E-state index in [1.54, 1.807) is 6.20 Å². The van der Waals surface area contributed by atoms with E-state index >= 15 is 0 Å². The van der Waals surface area contributed by atoms with Gasteiger partial charge in [-0.3, -0.25) is 14.8 Å². The van der Waals surface area contributed by atoms with Gasteiger partial charge in [0.1, 0.15) is 0 Å². The Bertz CT molecular complexity index is 611. The Labute approximate surface area is 127 Å². The Morgan fingerprint density at radius 3 is 2.65 bits per heavy atom. The van der Waals surface area contributed by atoms with Gasteiger partial charge in [0.05, 0.1) is 15.6 Å². The normalized spacial score (nSPS) is 10.3. The second-order valence-corrected chi connectivity index (χ2v) is 5.07. The molecule has 0 aliphatic rings. The van der Waals surface area contributed by atoms with Crippen LogP contribution in [-0.4, -0.2) is 22.4 Å². The predicted octanol–water partition coefficient (Wildman–Crippen LogP) is 3.06. The van der Waals surface area contributed by atoms with Crippen LogP contribution in [0.5, 0.6) is 0 Å². The number of pyridine rings is 2. The zero-order valence-electron chi connectivity index (χ0n) is 10.9. The highest BCUT2D eigenvalue weighted by molar-refractivity contribution is 6.39. The molecule has 0 unspecified atom stereocenters. The van der Waals surface area contributed by atoms with Gasteiger partial charge in [-0.15, -0.1) is 0 Å². The molecule has 0 aromatic carbocycles. The lowest BCUT2D eigenvalue weighted by molar-refractivity contribution is 0.0954. The number of carbonyl (C=O) groups excluding carboxylic acids is 1. The van der Waals surface area contributed by atoms with Crippen LogP contribution in [0.4, 0.5) is 0 Å². The molecule has 1 N–H and O–H groups in total. The minimum absolute atomic E-state index is 0.240. The second-order valence-electron chi connectivity index (χ2n) is 4.25. The highest BCUT2D eigenvalue weighted by Crippen LogP contribution is 2.22. The average Bonchev–Trinajstić information content (AvgIpc) is 2.41. The number of halogens is 2. The first-order chi connectivity index (χ1) is 9.59. The van der Waals surface area contributed by atoms with Crippen molar-refractivity contribution in [3.63, 3.8) is 0 Å². The molecular weight excluding hydrogens is 297 g/mol. The van der Waals surface area contributed by atoms with Crippen LogP contribution in [0.15, 0.2) is 30.7 Å². The largest absolute Gasteiger partial charge is 0.352 e. The summed E-state index contributed by atoms with van der Waals surface area (Å²) in [5.74, 6) is -0.309. The molecule has 4 nitrogen and oxygen atoms in total.